The van der Waals surface area contributed by atoms with Gasteiger partial charge in [-0.2, -0.15) is 0 Å². The Morgan fingerprint density at radius 2 is 1.59 bits per heavy atom. The van der Waals surface area contributed by atoms with Crippen molar-refractivity contribution in [3.8, 4) is 11.5 Å². The molecule has 0 spiro atoms. The molecule has 0 bridgehead atoms. The number of carboxylic acid groups (broad SMARTS) is 1. The molecule has 2 N–H and O–H groups in total. The lowest BCUT2D eigenvalue weighted by Gasteiger charge is -2.18. The highest BCUT2D eigenvalue weighted by atomic mass is 16.5. The largest absolute Gasteiger partial charge is 0.497 e. The normalized spacial score (nSPS) is 12.7. The quantitative estimate of drug-likeness (QED) is 0.707. The molecule has 2 rings (SSSR count). The van der Waals surface area contributed by atoms with E-state index in [9.17, 15) is 9.59 Å². The van der Waals surface area contributed by atoms with Gasteiger partial charge in [-0.15, -0.1) is 0 Å². The van der Waals surface area contributed by atoms with E-state index >= 15 is 0 Å². The van der Waals surface area contributed by atoms with Crippen molar-refractivity contribution in [2.75, 3.05) is 13.7 Å². The molecule has 0 saturated carbocycles. The van der Waals surface area contributed by atoms with Crippen molar-refractivity contribution in [2.45, 2.75) is 26.3 Å². The summed E-state index contributed by atoms with van der Waals surface area (Å²) in [7, 11) is 1.62. The zero-order valence-corrected chi connectivity index (χ0v) is 15.8. The fourth-order valence-corrected chi connectivity index (χ4v) is 2.64. The summed E-state index contributed by atoms with van der Waals surface area (Å²) < 4.78 is 10.2. The number of benzene rings is 2. The predicted octanol–water partition coefficient (Wildman–Crippen LogP) is 3.21. The third-order valence-corrected chi connectivity index (χ3v) is 4.25. The van der Waals surface area contributed by atoms with Gasteiger partial charge in [-0.3, -0.25) is 4.79 Å². The minimum Gasteiger partial charge on any atom is -0.497 e. The van der Waals surface area contributed by atoms with Gasteiger partial charge in [0.05, 0.1) is 13.2 Å². The van der Waals surface area contributed by atoms with Crippen LogP contribution in [-0.4, -0.2) is 30.7 Å². The Bertz CT molecular complexity index is 755. The summed E-state index contributed by atoms with van der Waals surface area (Å²) in [6, 6.07) is 14.6. The average Bonchev–Trinajstić information content (AvgIpc) is 2.67. The van der Waals surface area contributed by atoms with Crippen molar-refractivity contribution in [1.82, 2.24) is 5.32 Å². The van der Waals surface area contributed by atoms with E-state index in [1.807, 2.05) is 50.2 Å². The van der Waals surface area contributed by atoms with Crippen LogP contribution < -0.4 is 14.8 Å². The van der Waals surface area contributed by atoms with Crippen molar-refractivity contribution in [3.63, 3.8) is 0 Å². The molecule has 0 aliphatic heterocycles. The average molecular weight is 371 g/mol. The van der Waals surface area contributed by atoms with E-state index in [4.69, 9.17) is 14.6 Å². The van der Waals surface area contributed by atoms with Gasteiger partial charge in [0.1, 0.15) is 11.5 Å². The van der Waals surface area contributed by atoms with E-state index in [2.05, 4.69) is 5.32 Å². The molecule has 144 valence electrons. The van der Waals surface area contributed by atoms with Crippen molar-refractivity contribution >= 4 is 11.9 Å². The molecule has 2 atom stereocenters. The number of rotatable bonds is 9. The number of carbonyl (C=O) groups is 2. The minimum absolute atomic E-state index is 0.0236. The molecule has 2 aromatic rings. The summed E-state index contributed by atoms with van der Waals surface area (Å²) in [4.78, 5) is 23.0. The van der Waals surface area contributed by atoms with Gasteiger partial charge in [-0.1, -0.05) is 31.2 Å². The van der Waals surface area contributed by atoms with Crippen LogP contribution in [0.5, 0.6) is 11.5 Å². The molecule has 0 aliphatic rings. The van der Waals surface area contributed by atoms with Crippen molar-refractivity contribution in [3.05, 3.63) is 59.7 Å². The lowest BCUT2D eigenvalue weighted by Crippen LogP contribution is -2.32. The van der Waals surface area contributed by atoms with E-state index < -0.39 is 5.97 Å². The number of hydrogen-bond acceptors (Lipinski definition) is 4. The molecule has 6 nitrogen and oxygen atoms in total. The lowest BCUT2D eigenvalue weighted by molar-refractivity contribution is -0.139. The van der Waals surface area contributed by atoms with Gasteiger partial charge in [-0.25, -0.2) is 4.79 Å². The van der Waals surface area contributed by atoms with Crippen molar-refractivity contribution in [2.24, 2.45) is 5.92 Å². The number of amides is 1. The lowest BCUT2D eigenvalue weighted by atomic mass is 9.99. The molecule has 6 heteroatoms. The van der Waals surface area contributed by atoms with Gasteiger partial charge in [0.2, 0.25) is 5.91 Å². The van der Waals surface area contributed by atoms with Crippen LogP contribution in [0.2, 0.25) is 0 Å². The van der Waals surface area contributed by atoms with Gasteiger partial charge in [-0.05, 0) is 48.7 Å². The Labute approximate surface area is 159 Å². The number of carbonyl (C=O) groups excluding carboxylic acids is 1. The van der Waals surface area contributed by atoms with E-state index in [1.165, 1.54) is 0 Å². The maximum atomic E-state index is 12.5. The second kappa shape index (κ2) is 9.62. The molecule has 27 heavy (non-hydrogen) atoms. The van der Waals surface area contributed by atoms with Crippen LogP contribution >= 0.6 is 0 Å². The first-order valence-corrected chi connectivity index (χ1v) is 8.77. The predicted molar refractivity (Wildman–Crippen MR) is 102 cm³/mol. The minimum atomic E-state index is -1.02. The first-order valence-electron chi connectivity index (χ1n) is 8.77. The Morgan fingerprint density at radius 1 is 1.00 bits per heavy atom. The Hall–Kier alpha value is -3.02. The fraction of sp³-hybridized carbons (Fsp3) is 0.333. The third kappa shape index (κ3) is 6.33. The highest BCUT2D eigenvalue weighted by molar-refractivity contribution is 5.79. The third-order valence-electron chi connectivity index (χ3n) is 4.25. The number of nitrogens with one attached hydrogen (secondary N) is 1. The summed E-state index contributed by atoms with van der Waals surface area (Å²) >= 11 is 0. The maximum Gasteiger partial charge on any atom is 0.341 e. The molecule has 0 heterocycles. The fourth-order valence-electron chi connectivity index (χ4n) is 2.64. The SMILES string of the molecule is COc1ccc(CC(C)C(=O)NC(C)c2ccc(OCC(=O)O)cc2)cc1. The zero-order chi connectivity index (χ0) is 19.8. The number of hydrogen-bond donors (Lipinski definition) is 2. The highest BCUT2D eigenvalue weighted by Gasteiger charge is 2.17. The maximum absolute atomic E-state index is 12.5. The molecular formula is C21H25NO5. The molecule has 0 fully saturated rings. The van der Waals surface area contributed by atoms with Crippen LogP contribution in [0.1, 0.15) is 31.0 Å². The molecular weight excluding hydrogens is 346 g/mol. The topological polar surface area (TPSA) is 84.9 Å². The summed E-state index contributed by atoms with van der Waals surface area (Å²) in [5.41, 5.74) is 1.99. The Balaban J connectivity index is 1.88. The highest BCUT2D eigenvalue weighted by Crippen LogP contribution is 2.19. The van der Waals surface area contributed by atoms with Crippen LogP contribution in [0.25, 0.3) is 0 Å². The number of aliphatic carboxylic acids is 1. The molecule has 0 aliphatic carbocycles. The van der Waals surface area contributed by atoms with Crippen LogP contribution in [0.3, 0.4) is 0 Å². The molecule has 2 unspecified atom stereocenters. The van der Waals surface area contributed by atoms with E-state index in [1.54, 1.807) is 19.2 Å². The summed E-state index contributed by atoms with van der Waals surface area (Å²) in [6.07, 6.45) is 0.643. The Morgan fingerprint density at radius 3 is 2.15 bits per heavy atom. The van der Waals surface area contributed by atoms with Crippen molar-refractivity contribution in [1.29, 1.82) is 0 Å². The van der Waals surface area contributed by atoms with Gasteiger partial charge >= 0.3 is 5.97 Å². The van der Waals surface area contributed by atoms with Gasteiger partial charge < -0.3 is 19.9 Å². The van der Waals surface area contributed by atoms with Crippen LogP contribution in [0, 0.1) is 5.92 Å². The number of ether oxygens (including phenoxy) is 2. The van der Waals surface area contributed by atoms with Gasteiger partial charge in [0.15, 0.2) is 6.61 Å². The first kappa shape index (κ1) is 20.3. The monoisotopic (exact) mass is 371 g/mol. The number of methoxy groups -OCH3 is 1. The van der Waals surface area contributed by atoms with Gasteiger partial charge in [0, 0.05) is 5.92 Å². The summed E-state index contributed by atoms with van der Waals surface area (Å²) in [5, 5.41) is 11.6. The van der Waals surface area contributed by atoms with Crippen molar-refractivity contribution < 1.29 is 24.2 Å². The first-order chi connectivity index (χ1) is 12.9. The van der Waals surface area contributed by atoms with Crippen LogP contribution in [-0.2, 0) is 16.0 Å². The summed E-state index contributed by atoms with van der Waals surface area (Å²) in [6.45, 7) is 3.43. The smallest absolute Gasteiger partial charge is 0.341 e. The van der Waals surface area contributed by atoms with E-state index in [0.717, 1.165) is 16.9 Å². The zero-order valence-electron chi connectivity index (χ0n) is 15.8. The van der Waals surface area contributed by atoms with E-state index in [0.29, 0.717) is 12.2 Å². The molecule has 2 aromatic carbocycles. The van der Waals surface area contributed by atoms with Crippen LogP contribution in [0.15, 0.2) is 48.5 Å². The standard InChI is InChI=1S/C21H25NO5/c1-14(12-16-4-8-18(26-3)9-5-16)21(25)22-15(2)17-6-10-19(11-7-17)27-13-20(23)24/h4-11,14-15H,12-13H2,1-3H3,(H,22,25)(H,23,24). The molecule has 0 saturated heterocycles. The second-order valence-corrected chi connectivity index (χ2v) is 6.43. The van der Waals surface area contributed by atoms with E-state index in [-0.39, 0.29) is 24.5 Å². The molecule has 0 radical (unpaired) electrons. The number of carboxylic acids is 1. The Kier molecular flexibility index (Phi) is 7.23. The molecule has 0 aromatic heterocycles. The summed E-state index contributed by atoms with van der Waals surface area (Å²) in [5.74, 6) is 0.0573. The molecule has 1 amide bonds. The van der Waals surface area contributed by atoms with Crippen LogP contribution in [0.4, 0.5) is 0 Å². The van der Waals surface area contributed by atoms with Gasteiger partial charge in [0.25, 0.3) is 0 Å². The second-order valence-electron chi connectivity index (χ2n) is 6.43.